The second kappa shape index (κ2) is 7.85. The maximum atomic E-state index is 6.28. The Hall–Kier alpha value is -1.10. The Labute approximate surface area is 155 Å². The fourth-order valence-electron chi connectivity index (χ4n) is 1.97. The minimum Gasteiger partial charge on any atom is -0.488 e. The number of hydrogen-bond donors (Lipinski definition) is 0. The van der Waals surface area contributed by atoms with Crippen LogP contribution in [-0.4, -0.2) is 8.32 Å². The smallest absolute Gasteiger partial charge is 0.192 e. The molecule has 2 aromatic rings. The van der Waals surface area contributed by atoms with E-state index in [4.69, 9.17) is 9.16 Å². The summed E-state index contributed by atoms with van der Waals surface area (Å²) in [6, 6.07) is 16.4. The van der Waals surface area contributed by atoms with Crippen molar-refractivity contribution < 1.29 is 9.16 Å². The van der Waals surface area contributed by atoms with Crippen LogP contribution in [0.4, 0.5) is 0 Å². The Balaban J connectivity index is 1.97. The summed E-state index contributed by atoms with van der Waals surface area (Å²) < 4.78 is 13.1. The quantitative estimate of drug-likeness (QED) is 0.506. The van der Waals surface area contributed by atoms with E-state index in [2.05, 4.69) is 74.1 Å². The Bertz CT molecular complexity index is 663. The molecule has 0 amide bonds. The van der Waals surface area contributed by atoms with Crippen molar-refractivity contribution in [1.82, 2.24) is 0 Å². The molecule has 0 atom stereocenters. The fraction of sp³-hybridized carbons (Fsp3) is 0.400. The molecule has 0 N–H and O–H groups in total. The van der Waals surface area contributed by atoms with E-state index in [1.807, 2.05) is 24.3 Å². The first-order valence-electron chi connectivity index (χ1n) is 8.28. The summed E-state index contributed by atoms with van der Waals surface area (Å²) in [5.74, 6) is 0.856. The van der Waals surface area contributed by atoms with Crippen LogP contribution in [0.2, 0.25) is 18.1 Å². The molecule has 0 fully saturated rings. The Morgan fingerprint density at radius 3 is 2.17 bits per heavy atom. The van der Waals surface area contributed by atoms with E-state index in [9.17, 15) is 0 Å². The Kier molecular flexibility index (Phi) is 6.29. The molecule has 2 rings (SSSR count). The van der Waals surface area contributed by atoms with Gasteiger partial charge in [-0.2, -0.15) is 0 Å². The largest absolute Gasteiger partial charge is 0.488 e. The Morgan fingerprint density at radius 2 is 1.58 bits per heavy atom. The van der Waals surface area contributed by atoms with Gasteiger partial charge in [0.15, 0.2) is 8.32 Å². The van der Waals surface area contributed by atoms with Crippen molar-refractivity contribution in [3.63, 3.8) is 0 Å². The lowest BCUT2D eigenvalue weighted by Crippen LogP contribution is -2.40. The third-order valence-corrected chi connectivity index (χ3v) is 9.74. The molecule has 24 heavy (non-hydrogen) atoms. The molecule has 0 aliphatic rings. The molecule has 2 nitrogen and oxygen atoms in total. The maximum Gasteiger partial charge on any atom is 0.192 e. The summed E-state index contributed by atoms with van der Waals surface area (Å²) in [4.78, 5) is 0. The van der Waals surface area contributed by atoms with Gasteiger partial charge in [0.05, 0.1) is 11.1 Å². The average molecular weight is 407 g/mol. The zero-order valence-electron chi connectivity index (χ0n) is 15.2. The maximum absolute atomic E-state index is 6.28. The molecule has 0 aromatic heterocycles. The highest BCUT2D eigenvalue weighted by molar-refractivity contribution is 9.10. The summed E-state index contributed by atoms with van der Waals surface area (Å²) in [6.07, 6.45) is 0. The van der Waals surface area contributed by atoms with Gasteiger partial charge in [-0.1, -0.05) is 57.2 Å². The van der Waals surface area contributed by atoms with Crippen LogP contribution < -0.4 is 4.74 Å². The molecule has 4 heteroatoms. The third-order valence-electron chi connectivity index (χ3n) is 4.64. The molecule has 0 spiro atoms. The summed E-state index contributed by atoms with van der Waals surface area (Å²) >= 11 is 3.61. The average Bonchev–Trinajstić information content (AvgIpc) is 2.52. The van der Waals surface area contributed by atoms with E-state index >= 15 is 0 Å². The van der Waals surface area contributed by atoms with Gasteiger partial charge in [-0.15, -0.1) is 0 Å². The minimum atomic E-state index is -1.72. The standard InChI is InChI=1S/C20H27BrO2Si/c1-20(2,3)24(4,5)23-15-17-11-12-19(18(21)13-17)22-14-16-9-7-6-8-10-16/h6-13H,14-15H2,1-5H3. The zero-order valence-corrected chi connectivity index (χ0v) is 17.8. The van der Waals surface area contributed by atoms with Crippen LogP contribution in [0.3, 0.4) is 0 Å². The zero-order chi connectivity index (χ0) is 17.8. The second-order valence-corrected chi connectivity index (χ2v) is 13.3. The molecule has 0 unspecified atom stereocenters. The van der Waals surface area contributed by atoms with Gasteiger partial charge in [0, 0.05) is 0 Å². The fourth-order valence-corrected chi connectivity index (χ4v) is 3.47. The van der Waals surface area contributed by atoms with Gasteiger partial charge in [-0.3, -0.25) is 0 Å². The number of benzene rings is 2. The third kappa shape index (κ3) is 5.20. The molecule has 0 saturated heterocycles. The van der Waals surface area contributed by atoms with Crippen LogP contribution in [0.5, 0.6) is 5.75 Å². The molecule has 0 aliphatic carbocycles. The Morgan fingerprint density at radius 1 is 0.917 bits per heavy atom. The molecule has 0 heterocycles. The van der Waals surface area contributed by atoms with Gasteiger partial charge >= 0.3 is 0 Å². The molecule has 2 aromatic carbocycles. The minimum absolute atomic E-state index is 0.225. The van der Waals surface area contributed by atoms with E-state index in [0.717, 1.165) is 15.8 Å². The molecule has 130 valence electrons. The molecule has 0 saturated carbocycles. The summed E-state index contributed by atoms with van der Waals surface area (Å²) in [6.45, 7) is 12.5. The van der Waals surface area contributed by atoms with E-state index in [1.54, 1.807) is 0 Å². The van der Waals surface area contributed by atoms with Crippen LogP contribution in [0.25, 0.3) is 0 Å². The van der Waals surface area contributed by atoms with E-state index in [-0.39, 0.29) is 5.04 Å². The highest BCUT2D eigenvalue weighted by Gasteiger charge is 2.37. The van der Waals surface area contributed by atoms with Crippen LogP contribution in [-0.2, 0) is 17.6 Å². The summed E-state index contributed by atoms with van der Waals surface area (Å²) in [5, 5.41) is 0.225. The number of rotatable bonds is 6. The highest BCUT2D eigenvalue weighted by atomic mass is 79.9. The van der Waals surface area contributed by atoms with Crippen molar-refractivity contribution in [1.29, 1.82) is 0 Å². The molecular formula is C20H27BrO2Si. The van der Waals surface area contributed by atoms with Crippen molar-refractivity contribution in [2.75, 3.05) is 0 Å². The van der Waals surface area contributed by atoms with E-state index in [1.165, 1.54) is 5.56 Å². The summed E-state index contributed by atoms with van der Waals surface area (Å²) in [7, 11) is -1.72. The molecule has 0 radical (unpaired) electrons. The molecular weight excluding hydrogens is 380 g/mol. The van der Waals surface area contributed by atoms with Crippen molar-refractivity contribution in [3.05, 3.63) is 64.1 Å². The van der Waals surface area contributed by atoms with Gasteiger partial charge in [0.1, 0.15) is 12.4 Å². The topological polar surface area (TPSA) is 18.5 Å². The van der Waals surface area contributed by atoms with Crippen molar-refractivity contribution in [2.24, 2.45) is 0 Å². The first kappa shape index (κ1) is 19.2. The van der Waals surface area contributed by atoms with Crippen LogP contribution in [0.1, 0.15) is 31.9 Å². The normalized spacial score (nSPS) is 12.2. The van der Waals surface area contributed by atoms with Crippen LogP contribution >= 0.6 is 15.9 Å². The SMILES string of the molecule is CC(C)(C)[Si](C)(C)OCc1ccc(OCc2ccccc2)c(Br)c1. The predicted octanol–water partition coefficient (Wildman–Crippen LogP) is 6.55. The summed E-state index contributed by atoms with van der Waals surface area (Å²) in [5.41, 5.74) is 2.33. The van der Waals surface area contributed by atoms with Gasteiger partial charge in [0.2, 0.25) is 0 Å². The van der Waals surface area contributed by atoms with E-state index < -0.39 is 8.32 Å². The van der Waals surface area contributed by atoms with Crippen molar-refractivity contribution in [2.45, 2.75) is 52.1 Å². The number of hydrogen-bond acceptors (Lipinski definition) is 2. The first-order valence-corrected chi connectivity index (χ1v) is 12.0. The van der Waals surface area contributed by atoms with Crippen molar-refractivity contribution in [3.8, 4) is 5.75 Å². The monoisotopic (exact) mass is 406 g/mol. The molecule has 0 bridgehead atoms. The second-order valence-electron chi connectivity index (χ2n) is 7.59. The van der Waals surface area contributed by atoms with Gasteiger partial charge in [0.25, 0.3) is 0 Å². The lowest BCUT2D eigenvalue weighted by Gasteiger charge is -2.36. The molecule has 0 aliphatic heterocycles. The van der Waals surface area contributed by atoms with Crippen LogP contribution in [0, 0.1) is 0 Å². The van der Waals surface area contributed by atoms with Crippen molar-refractivity contribution >= 4 is 24.2 Å². The van der Waals surface area contributed by atoms with E-state index in [0.29, 0.717) is 13.2 Å². The highest BCUT2D eigenvalue weighted by Crippen LogP contribution is 2.37. The lowest BCUT2D eigenvalue weighted by atomic mass is 10.2. The van der Waals surface area contributed by atoms with Crippen LogP contribution in [0.15, 0.2) is 53.0 Å². The predicted molar refractivity (Wildman–Crippen MR) is 107 cm³/mol. The first-order chi connectivity index (χ1) is 11.2. The van der Waals surface area contributed by atoms with Gasteiger partial charge in [-0.05, 0) is 57.3 Å². The number of halogens is 1. The number of ether oxygens (including phenoxy) is 1. The lowest BCUT2D eigenvalue weighted by molar-refractivity contribution is 0.275. The van der Waals surface area contributed by atoms with Gasteiger partial charge in [-0.25, -0.2) is 0 Å². The van der Waals surface area contributed by atoms with Gasteiger partial charge < -0.3 is 9.16 Å².